The van der Waals surface area contributed by atoms with Crippen LogP contribution >= 0.6 is 0 Å². The van der Waals surface area contributed by atoms with Gasteiger partial charge in [-0.05, 0) is 24.8 Å². The third kappa shape index (κ3) is 5.57. The SMILES string of the molecule is COc1cc(-n2cnc(Nc3nc(N4CCC[C@H]4CO)nc4c3CCN(Cc3ccccc3)C4)c2)cc(OC)c1OC. The zero-order valence-electron chi connectivity index (χ0n) is 24.3. The van der Waals surface area contributed by atoms with Crippen molar-refractivity contribution in [3.8, 4) is 22.9 Å². The lowest BCUT2D eigenvalue weighted by Crippen LogP contribution is -2.36. The van der Waals surface area contributed by atoms with Crippen molar-refractivity contribution in [2.75, 3.05) is 51.2 Å². The predicted molar refractivity (Wildman–Crippen MR) is 160 cm³/mol. The molecule has 1 saturated heterocycles. The zero-order chi connectivity index (χ0) is 29.1. The summed E-state index contributed by atoms with van der Waals surface area (Å²) in [5.74, 6) is 3.73. The van der Waals surface area contributed by atoms with E-state index in [-0.39, 0.29) is 12.6 Å². The van der Waals surface area contributed by atoms with Crippen molar-refractivity contribution in [2.24, 2.45) is 0 Å². The lowest BCUT2D eigenvalue weighted by Gasteiger charge is -2.31. The molecule has 2 aliphatic rings. The molecule has 2 aromatic heterocycles. The van der Waals surface area contributed by atoms with Crippen LogP contribution in [0, 0.1) is 0 Å². The molecular weight excluding hydrogens is 534 g/mol. The first-order valence-corrected chi connectivity index (χ1v) is 14.2. The van der Waals surface area contributed by atoms with E-state index in [9.17, 15) is 5.11 Å². The van der Waals surface area contributed by atoms with E-state index in [1.807, 2.05) is 29.0 Å². The van der Waals surface area contributed by atoms with E-state index in [0.717, 1.165) is 68.2 Å². The molecule has 1 fully saturated rings. The third-order valence-corrected chi connectivity index (χ3v) is 8.00. The number of hydrogen-bond donors (Lipinski definition) is 2. The van der Waals surface area contributed by atoms with Gasteiger partial charge in [-0.1, -0.05) is 30.3 Å². The molecule has 0 unspecified atom stereocenters. The average molecular weight is 572 g/mol. The lowest BCUT2D eigenvalue weighted by molar-refractivity contribution is 0.241. The number of hydrogen-bond acceptors (Lipinski definition) is 10. The molecule has 4 aromatic rings. The molecule has 1 atom stereocenters. The average Bonchev–Trinajstić information content (AvgIpc) is 3.70. The largest absolute Gasteiger partial charge is 0.493 e. The number of rotatable bonds is 10. The Morgan fingerprint density at radius 3 is 2.50 bits per heavy atom. The number of methoxy groups -OCH3 is 3. The standard InChI is InChI=1S/C31H37N7O4/c1-40-26-14-23(15-27(41-2)29(26)42-3)37-18-28(32-20-37)34-30-24-11-13-36(16-21-8-5-4-6-9-21)17-25(24)33-31(35-30)38-12-7-10-22(38)19-39/h4-6,8-9,14-15,18,20,22,39H,7,10-13,16-17,19H2,1-3H3,(H,33,34,35)/t22-/m0/s1. The summed E-state index contributed by atoms with van der Waals surface area (Å²) >= 11 is 0. The maximum Gasteiger partial charge on any atom is 0.227 e. The van der Waals surface area contributed by atoms with Crippen LogP contribution in [0.15, 0.2) is 55.0 Å². The number of imidazole rings is 1. The summed E-state index contributed by atoms with van der Waals surface area (Å²) in [6.07, 6.45) is 6.40. The van der Waals surface area contributed by atoms with Crippen molar-refractivity contribution >= 4 is 17.6 Å². The van der Waals surface area contributed by atoms with Gasteiger partial charge in [0.25, 0.3) is 0 Å². The molecule has 11 nitrogen and oxygen atoms in total. The molecule has 0 bridgehead atoms. The molecule has 6 rings (SSSR count). The summed E-state index contributed by atoms with van der Waals surface area (Å²) in [5.41, 5.74) is 4.21. The molecule has 0 saturated carbocycles. The van der Waals surface area contributed by atoms with Gasteiger partial charge in [-0.25, -0.2) is 9.97 Å². The molecule has 0 amide bonds. The van der Waals surface area contributed by atoms with Crippen LogP contribution in [-0.4, -0.2) is 76.6 Å². The Balaban J connectivity index is 1.31. The number of fused-ring (bicyclic) bond motifs is 1. The number of nitrogens with one attached hydrogen (secondary N) is 1. The summed E-state index contributed by atoms with van der Waals surface area (Å²) in [4.78, 5) is 19.2. The van der Waals surface area contributed by atoms with Crippen LogP contribution in [0.2, 0.25) is 0 Å². The zero-order valence-corrected chi connectivity index (χ0v) is 24.3. The summed E-state index contributed by atoms with van der Waals surface area (Å²) in [7, 11) is 4.78. The molecular formula is C31H37N7O4. The van der Waals surface area contributed by atoms with Gasteiger partial charge in [-0.15, -0.1) is 0 Å². The fourth-order valence-electron chi connectivity index (χ4n) is 5.84. The second-order valence-electron chi connectivity index (χ2n) is 10.6. The summed E-state index contributed by atoms with van der Waals surface area (Å²) in [6.45, 7) is 3.41. The Labute approximate surface area is 245 Å². The first-order valence-electron chi connectivity index (χ1n) is 14.2. The van der Waals surface area contributed by atoms with E-state index in [2.05, 4.69) is 44.4 Å². The Hall–Kier alpha value is -4.35. The molecule has 0 radical (unpaired) electrons. The summed E-state index contributed by atoms with van der Waals surface area (Å²) < 4.78 is 18.4. The highest BCUT2D eigenvalue weighted by molar-refractivity contribution is 5.62. The number of aliphatic hydroxyl groups is 1. The van der Waals surface area contributed by atoms with Crippen LogP contribution < -0.4 is 24.4 Å². The highest BCUT2D eigenvalue weighted by atomic mass is 16.5. The van der Waals surface area contributed by atoms with Crippen LogP contribution in [0.25, 0.3) is 5.69 Å². The lowest BCUT2D eigenvalue weighted by atomic mass is 10.0. The van der Waals surface area contributed by atoms with E-state index >= 15 is 0 Å². The van der Waals surface area contributed by atoms with Gasteiger partial charge >= 0.3 is 0 Å². The fraction of sp³-hybridized carbons (Fsp3) is 0.387. The second kappa shape index (κ2) is 12.3. The van der Waals surface area contributed by atoms with Gasteiger partial charge in [0, 0.05) is 43.9 Å². The van der Waals surface area contributed by atoms with E-state index in [0.29, 0.717) is 29.0 Å². The van der Waals surface area contributed by atoms with Crippen molar-refractivity contribution in [1.29, 1.82) is 0 Å². The van der Waals surface area contributed by atoms with E-state index < -0.39 is 0 Å². The third-order valence-electron chi connectivity index (χ3n) is 8.00. The molecule has 2 aromatic carbocycles. The van der Waals surface area contributed by atoms with Gasteiger partial charge < -0.3 is 34.1 Å². The van der Waals surface area contributed by atoms with Gasteiger partial charge in [-0.2, -0.15) is 4.98 Å². The van der Waals surface area contributed by atoms with Crippen LogP contribution in [0.4, 0.5) is 17.6 Å². The first-order chi connectivity index (χ1) is 20.6. The Morgan fingerprint density at radius 2 is 1.79 bits per heavy atom. The van der Waals surface area contributed by atoms with E-state index in [1.165, 1.54) is 5.56 Å². The van der Waals surface area contributed by atoms with Crippen LogP contribution in [0.5, 0.6) is 17.2 Å². The van der Waals surface area contributed by atoms with Gasteiger partial charge in [0.1, 0.15) is 18.0 Å². The number of anilines is 3. The molecule has 2 aliphatic heterocycles. The highest BCUT2D eigenvalue weighted by Crippen LogP contribution is 2.39. The van der Waals surface area contributed by atoms with Gasteiger partial charge in [0.05, 0.1) is 51.6 Å². The predicted octanol–water partition coefficient (Wildman–Crippen LogP) is 3.95. The molecule has 42 heavy (non-hydrogen) atoms. The summed E-state index contributed by atoms with van der Waals surface area (Å²) in [6, 6.07) is 14.3. The van der Waals surface area contributed by atoms with Crippen LogP contribution in [0.1, 0.15) is 29.7 Å². The molecule has 2 N–H and O–H groups in total. The van der Waals surface area contributed by atoms with Crippen molar-refractivity contribution in [3.05, 3.63) is 71.8 Å². The smallest absolute Gasteiger partial charge is 0.227 e. The topological polar surface area (TPSA) is 110 Å². The van der Waals surface area contributed by atoms with Crippen molar-refractivity contribution in [3.63, 3.8) is 0 Å². The molecule has 11 heteroatoms. The molecule has 4 heterocycles. The van der Waals surface area contributed by atoms with Gasteiger partial charge in [0.15, 0.2) is 11.5 Å². The molecule has 0 aliphatic carbocycles. The minimum atomic E-state index is 0.0270. The van der Waals surface area contributed by atoms with Crippen LogP contribution in [-0.2, 0) is 19.5 Å². The number of aromatic nitrogens is 4. The van der Waals surface area contributed by atoms with Crippen LogP contribution in [0.3, 0.4) is 0 Å². The Bertz CT molecular complexity index is 1500. The first kappa shape index (κ1) is 27.8. The number of aliphatic hydroxyl groups excluding tert-OH is 1. The maximum absolute atomic E-state index is 10.0. The quantitative estimate of drug-likeness (QED) is 0.290. The molecule has 0 spiro atoms. The second-order valence-corrected chi connectivity index (χ2v) is 10.6. The number of benzene rings is 2. The van der Waals surface area contributed by atoms with E-state index in [4.69, 9.17) is 24.2 Å². The Morgan fingerprint density at radius 1 is 1.00 bits per heavy atom. The minimum Gasteiger partial charge on any atom is -0.493 e. The van der Waals surface area contributed by atoms with E-state index in [1.54, 1.807) is 27.7 Å². The van der Waals surface area contributed by atoms with Crippen molar-refractivity contribution in [2.45, 2.75) is 38.4 Å². The fourth-order valence-corrected chi connectivity index (χ4v) is 5.84. The summed E-state index contributed by atoms with van der Waals surface area (Å²) in [5, 5.41) is 13.5. The van der Waals surface area contributed by atoms with Crippen molar-refractivity contribution in [1.82, 2.24) is 24.4 Å². The minimum absolute atomic E-state index is 0.0270. The number of ether oxygens (including phenoxy) is 3. The van der Waals surface area contributed by atoms with Gasteiger partial charge in [0.2, 0.25) is 11.7 Å². The highest BCUT2D eigenvalue weighted by Gasteiger charge is 2.30. The van der Waals surface area contributed by atoms with Crippen molar-refractivity contribution < 1.29 is 19.3 Å². The number of nitrogens with zero attached hydrogens (tertiary/aromatic N) is 6. The monoisotopic (exact) mass is 571 g/mol. The Kier molecular flexibility index (Phi) is 8.11. The normalized spacial score (nSPS) is 16.8. The molecule has 220 valence electrons. The van der Waals surface area contributed by atoms with Gasteiger partial charge in [-0.3, -0.25) is 4.90 Å². The maximum atomic E-state index is 10.0.